The highest BCUT2D eigenvalue weighted by Crippen LogP contribution is 2.29. The summed E-state index contributed by atoms with van der Waals surface area (Å²) in [4.78, 5) is 21.6. The van der Waals surface area contributed by atoms with Crippen LogP contribution in [0.1, 0.15) is 40.3 Å². The zero-order valence-corrected chi connectivity index (χ0v) is 23.6. The maximum Gasteiger partial charge on any atom is 0.324 e. The molecule has 0 saturated heterocycles. The van der Waals surface area contributed by atoms with E-state index in [1.165, 1.54) is 12.1 Å². The SMILES string of the molecule is CC(C)Nc1cc(Oc2ccc(NC(=O)Nc3cc(C(C)(C)C)nn3-c3ccc4ncccc4c3)c(F)c2)ccn1. The lowest BCUT2D eigenvalue weighted by Gasteiger charge is -2.14. The van der Waals surface area contributed by atoms with Gasteiger partial charge in [-0.2, -0.15) is 5.10 Å². The number of carbonyl (C=O) groups excluding carboxylic acids is 1. The molecule has 0 atom stereocenters. The molecule has 41 heavy (non-hydrogen) atoms. The van der Waals surface area contributed by atoms with Gasteiger partial charge >= 0.3 is 6.03 Å². The Morgan fingerprint density at radius 3 is 2.49 bits per heavy atom. The van der Waals surface area contributed by atoms with Crippen molar-refractivity contribution in [3.63, 3.8) is 0 Å². The molecule has 0 unspecified atom stereocenters. The number of nitrogens with one attached hydrogen (secondary N) is 3. The van der Waals surface area contributed by atoms with Crippen LogP contribution >= 0.6 is 0 Å². The summed E-state index contributed by atoms with van der Waals surface area (Å²) in [5.74, 6) is 1.25. The fraction of sp³-hybridized carbons (Fsp3) is 0.226. The number of fused-ring (bicyclic) bond motifs is 1. The zero-order valence-electron chi connectivity index (χ0n) is 23.6. The van der Waals surface area contributed by atoms with Crippen molar-refractivity contribution < 1.29 is 13.9 Å². The maximum atomic E-state index is 15.0. The van der Waals surface area contributed by atoms with Gasteiger partial charge in [0.15, 0.2) is 0 Å². The number of ether oxygens (including phenoxy) is 1. The molecule has 0 spiro atoms. The van der Waals surface area contributed by atoms with Gasteiger partial charge in [0.1, 0.15) is 29.0 Å². The highest BCUT2D eigenvalue weighted by Gasteiger charge is 2.22. The number of amides is 2. The predicted molar refractivity (Wildman–Crippen MR) is 160 cm³/mol. The van der Waals surface area contributed by atoms with Crippen molar-refractivity contribution in [2.24, 2.45) is 0 Å². The number of aromatic nitrogens is 4. The van der Waals surface area contributed by atoms with Crippen LogP contribution in [0.25, 0.3) is 16.6 Å². The van der Waals surface area contributed by atoms with Crippen LogP contribution in [0.4, 0.5) is 26.5 Å². The van der Waals surface area contributed by atoms with Crippen LogP contribution in [-0.2, 0) is 5.41 Å². The molecule has 3 N–H and O–H groups in total. The molecule has 210 valence electrons. The summed E-state index contributed by atoms with van der Waals surface area (Å²) in [6.07, 6.45) is 3.35. The molecular weight excluding hydrogens is 521 g/mol. The van der Waals surface area contributed by atoms with Crippen LogP contribution in [0.5, 0.6) is 11.5 Å². The van der Waals surface area contributed by atoms with Crippen molar-refractivity contribution in [2.45, 2.75) is 46.1 Å². The first kappa shape index (κ1) is 27.6. The van der Waals surface area contributed by atoms with E-state index in [1.54, 1.807) is 35.3 Å². The zero-order chi connectivity index (χ0) is 29.1. The minimum atomic E-state index is -0.641. The van der Waals surface area contributed by atoms with Crippen molar-refractivity contribution in [1.82, 2.24) is 19.7 Å². The van der Waals surface area contributed by atoms with Crippen molar-refractivity contribution in [3.05, 3.63) is 90.6 Å². The molecule has 0 saturated carbocycles. The number of pyridine rings is 2. The monoisotopic (exact) mass is 553 g/mol. The third-order valence-electron chi connectivity index (χ3n) is 6.14. The molecule has 9 nitrogen and oxygen atoms in total. The summed E-state index contributed by atoms with van der Waals surface area (Å²) in [6.45, 7) is 10.1. The Kier molecular flexibility index (Phi) is 7.56. The van der Waals surface area contributed by atoms with Crippen LogP contribution in [0.3, 0.4) is 0 Å². The van der Waals surface area contributed by atoms with Crippen molar-refractivity contribution >= 4 is 34.3 Å². The number of hydrogen-bond donors (Lipinski definition) is 3. The fourth-order valence-corrected chi connectivity index (χ4v) is 4.14. The Bertz CT molecular complexity index is 1710. The molecule has 0 aliphatic carbocycles. The van der Waals surface area contributed by atoms with Crippen LogP contribution in [0.15, 0.2) is 79.1 Å². The van der Waals surface area contributed by atoms with E-state index in [4.69, 9.17) is 9.84 Å². The Morgan fingerprint density at radius 2 is 1.73 bits per heavy atom. The van der Waals surface area contributed by atoms with E-state index in [0.717, 1.165) is 22.3 Å². The molecular formula is C31H32FN7O2. The minimum Gasteiger partial charge on any atom is -0.457 e. The van der Waals surface area contributed by atoms with Crippen molar-refractivity contribution in [3.8, 4) is 17.2 Å². The van der Waals surface area contributed by atoms with Gasteiger partial charge in [-0.1, -0.05) is 26.8 Å². The van der Waals surface area contributed by atoms with E-state index in [-0.39, 0.29) is 22.9 Å². The Morgan fingerprint density at radius 1 is 0.927 bits per heavy atom. The first-order chi connectivity index (χ1) is 19.5. The first-order valence-electron chi connectivity index (χ1n) is 13.3. The van der Waals surface area contributed by atoms with Gasteiger partial charge in [-0.05, 0) is 56.3 Å². The molecule has 10 heteroatoms. The van der Waals surface area contributed by atoms with E-state index in [2.05, 4.69) is 25.9 Å². The third-order valence-corrected chi connectivity index (χ3v) is 6.14. The molecule has 2 amide bonds. The van der Waals surface area contributed by atoms with Crippen molar-refractivity contribution in [1.29, 1.82) is 0 Å². The maximum absolute atomic E-state index is 15.0. The van der Waals surface area contributed by atoms with E-state index in [9.17, 15) is 9.18 Å². The average Bonchev–Trinajstić information content (AvgIpc) is 3.34. The molecule has 3 heterocycles. The van der Waals surface area contributed by atoms with E-state index in [0.29, 0.717) is 17.4 Å². The van der Waals surface area contributed by atoms with Gasteiger partial charge in [0, 0.05) is 47.4 Å². The molecule has 0 bridgehead atoms. The summed E-state index contributed by atoms with van der Waals surface area (Å²) in [7, 11) is 0. The molecule has 0 radical (unpaired) electrons. The average molecular weight is 554 g/mol. The second-order valence-corrected chi connectivity index (χ2v) is 11.0. The standard InChI is InChI=1S/C31H32FN7O2/c1-19(2)35-28-17-23(12-14-34-28)41-22-9-11-26(24(32)16-22)36-30(40)37-29-18-27(31(3,4)5)38-39(29)21-8-10-25-20(15-21)7-6-13-33-25/h6-19H,1-5H3,(H,34,35)(H2,36,37,40). The number of benzene rings is 2. The lowest BCUT2D eigenvalue weighted by molar-refractivity contribution is 0.262. The third kappa shape index (κ3) is 6.60. The lowest BCUT2D eigenvalue weighted by atomic mass is 9.92. The predicted octanol–water partition coefficient (Wildman–Crippen LogP) is 7.51. The van der Waals surface area contributed by atoms with Crippen LogP contribution in [0.2, 0.25) is 0 Å². The highest BCUT2D eigenvalue weighted by atomic mass is 19.1. The number of carbonyl (C=O) groups is 1. The van der Waals surface area contributed by atoms with Crippen LogP contribution in [-0.4, -0.2) is 31.8 Å². The molecule has 2 aromatic carbocycles. The van der Waals surface area contributed by atoms with Gasteiger partial charge in [0.25, 0.3) is 0 Å². The number of nitrogens with zero attached hydrogens (tertiary/aromatic N) is 4. The molecule has 0 fully saturated rings. The number of halogens is 1. The van der Waals surface area contributed by atoms with Gasteiger partial charge in [0.2, 0.25) is 0 Å². The summed E-state index contributed by atoms with van der Waals surface area (Å²) >= 11 is 0. The Labute approximate surface area is 237 Å². The molecule has 0 aliphatic rings. The van der Waals surface area contributed by atoms with Gasteiger partial charge in [-0.15, -0.1) is 0 Å². The summed E-state index contributed by atoms with van der Waals surface area (Å²) in [5, 5.41) is 14.3. The lowest BCUT2D eigenvalue weighted by Crippen LogP contribution is -2.22. The quantitative estimate of drug-likeness (QED) is 0.193. The minimum absolute atomic E-state index is 0.00521. The van der Waals surface area contributed by atoms with Crippen LogP contribution < -0.4 is 20.7 Å². The first-order valence-corrected chi connectivity index (χ1v) is 13.3. The second-order valence-electron chi connectivity index (χ2n) is 11.0. The van der Waals surface area contributed by atoms with Gasteiger partial charge in [0.05, 0.1) is 22.6 Å². The summed E-state index contributed by atoms with van der Waals surface area (Å²) < 4.78 is 22.5. The number of hydrogen-bond acceptors (Lipinski definition) is 6. The second kappa shape index (κ2) is 11.2. The molecule has 3 aromatic heterocycles. The van der Waals surface area contributed by atoms with Gasteiger partial charge in [-0.3, -0.25) is 10.3 Å². The van der Waals surface area contributed by atoms with E-state index >= 15 is 0 Å². The molecule has 5 aromatic rings. The molecule has 0 aliphatic heterocycles. The number of urea groups is 1. The molecule has 5 rings (SSSR count). The van der Waals surface area contributed by atoms with Gasteiger partial charge in [-0.25, -0.2) is 18.9 Å². The fourth-order valence-electron chi connectivity index (χ4n) is 4.14. The van der Waals surface area contributed by atoms with Gasteiger partial charge < -0.3 is 15.4 Å². The van der Waals surface area contributed by atoms with E-state index < -0.39 is 11.8 Å². The summed E-state index contributed by atoms with van der Waals surface area (Å²) in [6, 6.07) is 18.7. The summed E-state index contributed by atoms with van der Waals surface area (Å²) in [5.41, 5.74) is 2.14. The topological polar surface area (TPSA) is 106 Å². The van der Waals surface area contributed by atoms with E-state index in [1.807, 2.05) is 71.0 Å². The van der Waals surface area contributed by atoms with Crippen LogP contribution in [0, 0.1) is 5.82 Å². The smallest absolute Gasteiger partial charge is 0.324 e. The van der Waals surface area contributed by atoms with Crippen molar-refractivity contribution in [2.75, 3.05) is 16.0 Å². The normalized spacial score (nSPS) is 11.5. The Hall–Kier alpha value is -4.99. The number of rotatable bonds is 7. The highest BCUT2D eigenvalue weighted by molar-refractivity contribution is 5.99. The Balaban J connectivity index is 1.33. The largest absolute Gasteiger partial charge is 0.457 e. The number of anilines is 3.